The number of hydrogen-bond acceptors (Lipinski definition) is 3. The zero-order valence-electron chi connectivity index (χ0n) is 13.6. The molecule has 121 valence electrons. The molecule has 0 bridgehead atoms. The highest BCUT2D eigenvalue weighted by Crippen LogP contribution is 2.29. The lowest BCUT2D eigenvalue weighted by atomic mass is 9.92. The van der Waals surface area contributed by atoms with Crippen LogP contribution in [0.3, 0.4) is 0 Å². The van der Waals surface area contributed by atoms with Crippen molar-refractivity contribution in [3.8, 4) is 0 Å². The van der Waals surface area contributed by atoms with Crippen molar-refractivity contribution >= 4 is 0 Å². The summed E-state index contributed by atoms with van der Waals surface area (Å²) in [6.07, 6.45) is 1.04. The SMILES string of the molecule is Cn1nc(C2[N]CCc3ccccc32)cc1CN1CCOCC1. The van der Waals surface area contributed by atoms with Gasteiger partial charge in [0.2, 0.25) is 0 Å². The monoisotopic (exact) mass is 311 g/mol. The molecular weight excluding hydrogens is 288 g/mol. The van der Waals surface area contributed by atoms with E-state index in [1.807, 2.05) is 11.7 Å². The van der Waals surface area contributed by atoms with Crippen molar-refractivity contribution in [2.24, 2.45) is 7.05 Å². The molecule has 3 heterocycles. The molecule has 0 amide bonds. The van der Waals surface area contributed by atoms with E-state index in [1.165, 1.54) is 16.8 Å². The second-order valence-corrected chi connectivity index (χ2v) is 6.33. The Morgan fingerprint density at radius 1 is 1.22 bits per heavy atom. The van der Waals surface area contributed by atoms with Crippen LogP contribution in [0.15, 0.2) is 30.3 Å². The Morgan fingerprint density at radius 2 is 2.04 bits per heavy atom. The fraction of sp³-hybridized carbons (Fsp3) is 0.500. The van der Waals surface area contributed by atoms with Crippen LogP contribution in [0, 0.1) is 0 Å². The van der Waals surface area contributed by atoms with Gasteiger partial charge in [-0.3, -0.25) is 9.58 Å². The second kappa shape index (κ2) is 6.43. The minimum Gasteiger partial charge on any atom is -0.379 e. The first kappa shape index (κ1) is 14.9. The smallest absolute Gasteiger partial charge is 0.0938 e. The topological polar surface area (TPSA) is 44.4 Å². The Balaban J connectivity index is 1.57. The summed E-state index contributed by atoms with van der Waals surface area (Å²) in [6, 6.07) is 10.9. The molecule has 5 nitrogen and oxygen atoms in total. The van der Waals surface area contributed by atoms with E-state index in [9.17, 15) is 0 Å². The van der Waals surface area contributed by atoms with Gasteiger partial charge in [-0.25, -0.2) is 5.32 Å². The predicted molar refractivity (Wildman–Crippen MR) is 88.3 cm³/mol. The number of aromatic nitrogens is 2. The standard InChI is InChI=1S/C18H23N4O/c1-21-15(13-22-8-10-23-11-9-22)12-17(20-21)18-16-5-3-2-4-14(16)6-7-19-18/h2-5,12,18H,6-11,13H2,1H3. The largest absolute Gasteiger partial charge is 0.379 e. The van der Waals surface area contributed by atoms with Crippen LogP contribution in [0.5, 0.6) is 0 Å². The summed E-state index contributed by atoms with van der Waals surface area (Å²) < 4.78 is 7.44. The lowest BCUT2D eigenvalue weighted by Gasteiger charge is -2.26. The van der Waals surface area contributed by atoms with Gasteiger partial charge < -0.3 is 4.74 Å². The van der Waals surface area contributed by atoms with Gasteiger partial charge in [-0.15, -0.1) is 0 Å². The van der Waals surface area contributed by atoms with Crippen LogP contribution >= 0.6 is 0 Å². The molecule has 1 fully saturated rings. The molecule has 2 aliphatic rings. The van der Waals surface area contributed by atoms with Crippen LogP contribution in [0.25, 0.3) is 0 Å². The number of benzene rings is 1. The third kappa shape index (κ3) is 3.04. The molecule has 0 aliphatic carbocycles. The highest BCUT2D eigenvalue weighted by molar-refractivity contribution is 5.37. The average molecular weight is 311 g/mol. The molecule has 4 rings (SSSR count). The first-order valence-corrected chi connectivity index (χ1v) is 8.38. The van der Waals surface area contributed by atoms with Crippen LogP contribution in [0.4, 0.5) is 0 Å². The molecule has 0 spiro atoms. The molecule has 1 atom stereocenters. The maximum absolute atomic E-state index is 5.43. The van der Waals surface area contributed by atoms with E-state index in [-0.39, 0.29) is 6.04 Å². The van der Waals surface area contributed by atoms with Crippen molar-refractivity contribution < 1.29 is 4.74 Å². The Labute approximate surface area is 137 Å². The van der Waals surface area contributed by atoms with E-state index in [0.29, 0.717) is 0 Å². The number of ether oxygens (including phenoxy) is 1. The first-order valence-electron chi connectivity index (χ1n) is 8.38. The van der Waals surface area contributed by atoms with Gasteiger partial charge in [0.05, 0.1) is 30.6 Å². The molecular formula is C18H23N4O. The van der Waals surface area contributed by atoms with Gasteiger partial charge in [-0.1, -0.05) is 24.3 Å². The van der Waals surface area contributed by atoms with Gasteiger partial charge in [0.1, 0.15) is 0 Å². The van der Waals surface area contributed by atoms with Gasteiger partial charge in [-0.05, 0) is 23.6 Å². The highest BCUT2D eigenvalue weighted by Gasteiger charge is 2.25. The van der Waals surface area contributed by atoms with Crippen molar-refractivity contribution in [3.63, 3.8) is 0 Å². The van der Waals surface area contributed by atoms with E-state index >= 15 is 0 Å². The molecule has 0 saturated carbocycles. The number of hydrogen-bond donors (Lipinski definition) is 0. The van der Waals surface area contributed by atoms with Gasteiger partial charge >= 0.3 is 0 Å². The van der Waals surface area contributed by atoms with E-state index < -0.39 is 0 Å². The Hall–Kier alpha value is -1.69. The van der Waals surface area contributed by atoms with E-state index in [1.54, 1.807) is 0 Å². The first-order chi connectivity index (χ1) is 11.3. The van der Waals surface area contributed by atoms with Crippen LogP contribution in [0.2, 0.25) is 0 Å². The average Bonchev–Trinajstić information content (AvgIpc) is 2.96. The third-order valence-electron chi connectivity index (χ3n) is 4.81. The molecule has 1 saturated heterocycles. The highest BCUT2D eigenvalue weighted by atomic mass is 16.5. The van der Waals surface area contributed by atoms with Crippen LogP contribution < -0.4 is 5.32 Å². The fourth-order valence-corrected chi connectivity index (χ4v) is 3.49. The minimum absolute atomic E-state index is 0.0876. The summed E-state index contributed by atoms with van der Waals surface area (Å²) in [5.74, 6) is 0. The number of fused-ring (bicyclic) bond motifs is 1. The van der Waals surface area contributed by atoms with Crippen molar-refractivity contribution in [2.45, 2.75) is 19.0 Å². The van der Waals surface area contributed by atoms with Crippen LogP contribution in [-0.4, -0.2) is 47.5 Å². The second-order valence-electron chi connectivity index (χ2n) is 6.33. The van der Waals surface area contributed by atoms with Gasteiger partial charge in [0.25, 0.3) is 0 Å². The molecule has 23 heavy (non-hydrogen) atoms. The summed E-state index contributed by atoms with van der Waals surface area (Å²) in [4.78, 5) is 2.43. The summed E-state index contributed by atoms with van der Waals surface area (Å²) in [5, 5.41) is 9.60. The predicted octanol–water partition coefficient (Wildman–Crippen LogP) is 1.50. The van der Waals surface area contributed by atoms with Crippen molar-refractivity contribution in [2.75, 3.05) is 32.8 Å². The third-order valence-corrected chi connectivity index (χ3v) is 4.81. The number of morpholine rings is 1. The van der Waals surface area contributed by atoms with E-state index in [2.05, 4.69) is 35.2 Å². The lowest BCUT2D eigenvalue weighted by Crippen LogP contribution is -2.36. The Bertz CT molecular complexity index is 675. The number of nitrogens with zero attached hydrogens (tertiary/aromatic N) is 4. The van der Waals surface area contributed by atoms with Crippen molar-refractivity contribution in [3.05, 3.63) is 52.8 Å². The summed E-state index contributed by atoms with van der Waals surface area (Å²) in [5.41, 5.74) is 5.05. The molecule has 2 aliphatic heterocycles. The lowest BCUT2D eigenvalue weighted by molar-refractivity contribution is 0.0331. The minimum atomic E-state index is 0.0876. The quantitative estimate of drug-likeness (QED) is 0.863. The zero-order valence-corrected chi connectivity index (χ0v) is 13.6. The van der Waals surface area contributed by atoms with E-state index in [4.69, 9.17) is 15.2 Å². The maximum atomic E-state index is 5.43. The molecule has 5 heteroatoms. The van der Waals surface area contributed by atoms with E-state index in [0.717, 1.165) is 51.5 Å². The molecule has 1 aromatic heterocycles. The van der Waals surface area contributed by atoms with Crippen LogP contribution in [0.1, 0.15) is 28.6 Å². The molecule has 1 unspecified atom stereocenters. The van der Waals surface area contributed by atoms with Gasteiger partial charge in [0.15, 0.2) is 0 Å². The molecule has 1 radical (unpaired) electrons. The maximum Gasteiger partial charge on any atom is 0.0938 e. The number of rotatable bonds is 3. The molecule has 1 aromatic carbocycles. The molecule has 2 aromatic rings. The Kier molecular flexibility index (Phi) is 4.16. The van der Waals surface area contributed by atoms with Crippen molar-refractivity contribution in [1.82, 2.24) is 20.0 Å². The van der Waals surface area contributed by atoms with Crippen molar-refractivity contribution in [1.29, 1.82) is 0 Å². The number of aryl methyl sites for hydroxylation is 1. The van der Waals surface area contributed by atoms with Gasteiger partial charge in [-0.2, -0.15) is 5.10 Å². The van der Waals surface area contributed by atoms with Gasteiger partial charge in [0, 0.05) is 33.2 Å². The van der Waals surface area contributed by atoms with Crippen LogP contribution in [-0.2, 0) is 24.8 Å². The summed E-state index contributed by atoms with van der Waals surface area (Å²) in [6.45, 7) is 5.47. The summed E-state index contributed by atoms with van der Waals surface area (Å²) >= 11 is 0. The zero-order chi connectivity index (χ0) is 15.6. The molecule has 0 N–H and O–H groups in total. The summed E-state index contributed by atoms with van der Waals surface area (Å²) in [7, 11) is 2.04. The Morgan fingerprint density at radius 3 is 2.91 bits per heavy atom. The fourth-order valence-electron chi connectivity index (χ4n) is 3.49. The normalized spacial score (nSPS) is 22.0.